The van der Waals surface area contributed by atoms with E-state index >= 15 is 0 Å². The van der Waals surface area contributed by atoms with Crippen molar-refractivity contribution in [3.05, 3.63) is 182 Å². The Balaban J connectivity index is 1.20. The van der Waals surface area contributed by atoms with Gasteiger partial charge in [0.2, 0.25) is 0 Å². The van der Waals surface area contributed by atoms with Crippen molar-refractivity contribution in [2.75, 3.05) is 0 Å². The molecule has 6 heteroatoms. The van der Waals surface area contributed by atoms with Crippen LogP contribution in [0.15, 0.2) is 186 Å². The Kier molecular flexibility index (Phi) is 7.03. The minimum Gasteiger partial charge on any atom is -0.455 e. The lowest BCUT2D eigenvalue weighted by Crippen LogP contribution is -2.00. The molecule has 0 unspecified atom stereocenters. The summed E-state index contributed by atoms with van der Waals surface area (Å²) in [6, 6.07) is 63.7. The first-order valence-corrected chi connectivity index (χ1v) is 19.8. The van der Waals surface area contributed by atoms with Gasteiger partial charge in [0.15, 0.2) is 17.5 Å². The molecule has 0 radical (unpaired) electrons. The van der Waals surface area contributed by atoms with Crippen molar-refractivity contribution in [3.63, 3.8) is 0 Å². The van der Waals surface area contributed by atoms with Gasteiger partial charge in [-0.25, -0.2) is 15.0 Å². The molecule has 0 fully saturated rings. The van der Waals surface area contributed by atoms with E-state index in [9.17, 15) is 0 Å². The molecule has 12 aromatic rings. The molecule has 4 aromatic heterocycles. The zero-order valence-electron chi connectivity index (χ0n) is 30.4. The van der Waals surface area contributed by atoms with E-state index in [0.29, 0.717) is 17.5 Å². The number of benzene rings is 8. The van der Waals surface area contributed by atoms with Crippen LogP contribution in [0, 0.1) is 0 Å². The lowest BCUT2D eigenvalue weighted by atomic mass is 9.97. The third kappa shape index (κ3) is 4.98. The van der Waals surface area contributed by atoms with Gasteiger partial charge in [0.1, 0.15) is 11.2 Å². The highest BCUT2D eigenvalue weighted by molar-refractivity contribution is 7.25. The number of hydrogen-bond acceptors (Lipinski definition) is 5. The van der Waals surface area contributed by atoms with Crippen molar-refractivity contribution >= 4 is 75.3 Å². The molecule has 266 valence electrons. The summed E-state index contributed by atoms with van der Waals surface area (Å²) in [6.45, 7) is 0. The van der Waals surface area contributed by atoms with Crippen LogP contribution in [0.3, 0.4) is 0 Å². The van der Waals surface area contributed by atoms with Crippen LogP contribution in [0.2, 0.25) is 0 Å². The van der Waals surface area contributed by atoms with Crippen molar-refractivity contribution in [3.8, 4) is 51.0 Å². The fourth-order valence-electron chi connectivity index (χ4n) is 8.51. The predicted octanol–water partition coefficient (Wildman–Crippen LogP) is 13.9. The molecule has 0 saturated carbocycles. The standard InChI is InChI=1S/C51H30N4OS/c1-3-14-31(15-4-1)49-52-50(32-16-5-2-6-17-32)54-51(53-49)38-21-13-24-43-46(38)47-42(55-40-22-10-7-18-35(40)36-19-8-11-23-41(36)55)28-27-34(48(47)56-43)33-26-29-45-39(30-33)37-20-9-12-25-44(37)57-45/h1-30H. The van der Waals surface area contributed by atoms with E-state index in [1.54, 1.807) is 0 Å². The number of aromatic nitrogens is 4. The molecular formula is C51H30N4OS. The number of fused-ring (bicyclic) bond motifs is 9. The summed E-state index contributed by atoms with van der Waals surface area (Å²) in [5, 5.41) is 6.87. The zero-order valence-corrected chi connectivity index (χ0v) is 31.2. The van der Waals surface area contributed by atoms with E-state index in [-0.39, 0.29) is 0 Å². The van der Waals surface area contributed by atoms with E-state index in [0.717, 1.165) is 66.5 Å². The van der Waals surface area contributed by atoms with Gasteiger partial charge in [-0.1, -0.05) is 133 Å². The van der Waals surface area contributed by atoms with Crippen LogP contribution < -0.4 is 0 Å². The third-order valence-corrected chi connectivity index (χ3v) is 12.2. The largest absolute Gasteiger partial charge is 0.455 e. The third-order valence-electron chi connectivity index (χ3n) is 11.1. The minimum absolute atomic E-state index is 0.584. The SMILES string of the molecule is c1ccc(-c2nc(-c3ccccc3)nc(-c3cccc4oc5c(-c6ccc7sc8ccccc8c7c6)ccc(-n6c7ccccc7c7ccccc76)c5c34)n2)cc1. The molecule has 4 heterocycles. The molecular weight excluding hydrogens is 717 g/mol. The summed E-state index contributed by atoms with van der Waals surface area (Å²) in [5.74, 6) is 1.81. The first-order chi connectivity index (χ1) is 28.3. The molecule has 8 aromatic carbocycles. The van der Waals surface area contributed by atoms with Crippen LogP contribution >= 0.6 is 11.3 Å². The molecule has 0 amide bonds. The summed E-state index contributed by atoms with van der Waals surface area (Å²) in [6.07, 6.45) is 0. The number of nitrogens with zero attached hydrogens (tertiary/aromatic N) is 4. The first-order valence-electron chi connectivity index (χ1n) is 19.0. The van der Waals surface area contributed by atoms with E-state index in [2.05, 4.69) is 120 Å². The second-order valence-electron chi connectivity index (χ2n) is 14.3. The Morgan fingerprint density at radius 1 is 0.404 bits per heavy atom. The molecule has 0 aliphatic carbocycles. The molecule has 57 heavy (non-hydrogen) atoms. The zero-order chi connectivity index (χ0) is 37.5. The molecule has 12 rings (SSSR count). The van der Waals surface area contributed by atoms with Gasteiger partial charge in [0.25, 0.3) is 0 Å². The summed E-state index contributed by atoms with van der Waals surface area (Å²) in [4.78, 5) is 15.4. The van der Waals surface area contributed by atoms with Crippen molar-refractivity contribution in [2.24, 2.45) is 0 Å². The Morgan fingerprint density at radius 3 is 1.70 bits per heavy atom. The molecule has 0 saturated heterocycles. The summed E-state index contributed by atoms with van der Waals surface area (Å²) in [7, 11) is 0. The fourth-order valence-corrected chi connectivity index (χ4v) is 9.60. The van der Waals surface area contributed by atoms with Crippen LogP contribution in [0.25, 0.3) is 115 Å². The van der Waals surface area contributed by atoms with Crippen LogP contribution in [0.1, 0.15) is 0 Å². The van der Waals surface area contributed by atoms with Gasteiger partial charge in [0.05, 0.1) is 22.1 Å². The van der Waals surface area contributed by atoms with Crippen molar-refractivity contribution in [1.29, 1.82) is 0 Å². The first kappa shape index (κ1) is 31.9. The number of rotatable bonds is 5. The van der Waals surface area contributed by atoms with E-state index in [4.69, 9.17) is 19.4 Å². The molecule has 0 N–H and O–H groups in total. The monoisotopic (exact) mass is 746 g/mol. The van der Waals surface area contributed by atoms with Crippen LogP contribution in [0.5, 0.6) is 0 Å². The summed E-state index contributed by atoms with van der Waals surface area (Å²) in [5.41, 5.74) is 9.72. The van der Waals surface area contributed by atoms with Crippen molar-refractivity contribution in [1.82, 2.24) is 19.5 Å². The van der Waals surface area contributed by atoms with Gasteiger partial charge >= 0.3 is 0 Å². The molecule has 0 aliphatic heterocycles. The average Bonchev–Trinajstić information content (AvgIpc) is 3.96. The number of thiophene rings is 1. The van der Waals surface area contributed by atoms with Crippen molar-refractivity contribution < 1.29 is 4.42 Å². The van der Waals surface area contributed by atoms with Crippen molar-refractivity contribution in [2.45, 2.75) is 0 Å². The van der Waals surface area contributed by atoms with E-state index in [1.165, 1.54) is 30.9 Å². The highest BCUT2D eigenvalue weighted by atomic mass is 32.1. The maximum absolute atomic E-state index is 7.09. The molecule has 5 nitrogen and oxygen atoms in total. The van der Waals surface area contributed by atoms with Crippen LogP contribution in [-0.2, 0) is 0 Å². The van der Waals surface area contributed by atoms with E-state index in [1.807, 2.05) is 78.1 Å². The molecule has 0 atom stereocenters. The Bertz CT molecular complexity index is 3420. The van der Waals surface area contributed by atoms with Crippen LogP contribution in [-0.4, -0.2) is 19.5 Å². The normalized spacial score (nSPS) is 11.9. The number of hydrogen-bond donors (Lipinski definition) is 0. The Hall–Kier alpha value is -7.41. The van der Waals surface area contributed by atoms with Gasteiger partial charge in [-0.2, -0.15) is 0 Å². The molecule has 0 bridgehead atoms. The second kappa shape index (κ2) is 12.6. The lowest BCUT2D eigenvalue weighted by Gasteiger charge is -2.13. The van der Waals surface area contributed by atoms with Gasteiger partial charge in [0, 0.05) is 58.6 Å². The second-order valence-corrected chi connectivity index (χ2v) is 15.4. The summed E-state index contributed by atoms with van der Waals surface area (Å²) >= 11 is 1.83. The minimum atomic E-state index is 0.584. The fraction of sp³-hybridized carbons (Fsp3) is 0. The smallest absolute Gasteiger partial charge is 0.164 e. The lowest BCUT2D eigenvalue weighted by molar-refractivity contribution is 0.670. The highest BCUT2D eigenvalue weighted by Crippen LogP contribution is 2.46. The highest BCUT2D eigenvalue weighted by Gasteiger charge is 2.24. The molecule has 0 spiro atoms. The maximum atomic E-state index is 7.09. The number of furan rings is 1. The maximum Gasteiger partial charge on any atom is 0.164 e. The number of para-hydroxylation sites is 2. The van der Waals surface area contributed by atoms with E-state index < -0.39 is 0 Å². The van der Waals surface area contributed by atoms with Gasteiger partial charge in [-0.3, -0.25) is 0 Å². The quantitative estimate of drug-likeness (QED) is 0.176. The average molecular weight is 747 g/mol. The van der Waals surface area contributed by atoms with Gasteiger partial charge in [-0.15, -0.1) is 11.3 Å². The summed E-state index contributed by atoms with van der Waals surface area (Å²) < 4.78 is 12.0. The Morgan fingerprint density at radius 2 is 1.00 bits per heavy atom. The van der Waals surface area contributed by atoms with Gasteiger partial charge in [-0.05, 0) is 54.1 Å². The van der Waals surface area contributed by atoms with Crippen LogP contribution in [0.4, 0.5) is 0 Å². The topological polar surface area (TPSA) is 56.7 Å². The predicted molar refractivity (Wildman–Crippen MR) is 236 cm³/mol. The molecule has 0 aliphatic rings. The van der Waals surface area contributed by atoms with Gasteiger partial charge < -0.3 is 8.98 Å². The Labute approximate surface area is 330 Å².